The summed E-state index contributed by atoms with van der Waals surface area (Å²) in [7, 11) is 0. The van der Waals surface area contributed by atoms with E-state index in [4.69, 9.17) is 0 Å². The first-order valence-corrected chi connectivity index (χ1v) is 7.07. The third-order valence-electron chi connectivity index (χ3n) is 4.06. The first-order valence-electron chi connectivity index (χ1n) is 7.07. The van der Waals surface area contributed by atoms with Gasteiger partial charge in [0.1, 0.15) is 5.82 Å². The predicted molar refractivity (Wildman–Crippen MR) is 74.4 cm³/mol. The Kier molecular flexibility index (Phi) is 4.39. The Morgan fingerprint density at radius 2 is 2.11 bits per heavy atom. The first kappa shape index (κ1) is 13.5. The maximum Gasteiger partial charge on any atom is 0.126 e. The van der Waals surface area contributed by atoms with Crippen LogP contribution in [0, 0.1) is 18.7 Å². The van der Waals surface area contributed by atoms with Gasteiger partial charge < -0.3 is 5.32 Å². The van der Waals surface area contributed by atoms with Gasteiger partial charge in [0.2, 0.25) is 0 Å². The minimum atomic E-state index is -0.0893. The lowest BCUT2D eigenvalue weighted by molar-refractivity contribution is 0.422. The van der Waals surface area contributed by atoms with Crippen LogP contribution in [0.2, 0.25) is 0 Å². The Morgan fingerprint density at radius 3 is 2.78 bits per heavy atom. The molecule has 100 valence electrons. The zero-order valence-electron chi connectivity index (χ0n) is 11.7. The molecule has 1 N–H and O–H groups in total. The Balaban J connectivity index is 2.08. The summed E-state index contributed by atoms with van der Waals surface area (Å²) in [6.07, 6.45) is 3.84. The fourth-order valence-electron chi connectivity index (χ4n) is 3.01. The highest BCUT2D eigenvalue weighted by Gasteiger charge is 2.28. The van der Waals surface area contributed by atoms with E-state index in [9.17, 15) is 4.39 Å². The van der Waals surface area contributed by atoms with E-state index in [2.05, 4.69) is 19.2 Å². The van der Waals surface area contributed by atoms with Crippen LogP contribution in [0.3, 0.4) is 0 Å². The van der Waals surface area contributed by atoms with Gasteiger partial charge in [-0.25, -0.2) is 4.39 Å². The molecule has 0 heterocycles. The van der Waals surface area contributed by atoms with E-state index in [1.165, 1.54) is 24.8 Å². The standard InChI is InChI=1S/C16H24FN/c1-11(2)18-10-14-5-4-6-15(14)13-7-8-16(17)12(3)9-13/h7-9,11,14-15,18H,4-6,10H2,1-3H3. The van der Waals surface area contributed by atoms with Crippen LogP contribution in [0.25, 0.3) is 0 Å². The lowest BCUT2D eigenvalue weighted by atomic mass is 9.88. The minimum absolute atomic E-state index is 0.0893. The van der Waals surface area contributed by atoms with Gasteiger partial charge in [-0.1, -0.05) is 32.4 Å². The van der Waals surface area contributed by atoms with Crippen molar-refractivity contribution in [2.24, 2.45) is 5.92 Å². The summed E-state index contributed by atoms with van der Waals surface area (Å²) < 4.78 is 13.3. The number of nitrogens with one attached hydrogen (secondary N) is 1. The number of hydrogen-bond donors (Lipinski definition) is 1. The van der Waals surface area contributed by atoms with Crippen LogP contribution < -0.4 is 5.32 Å². The highest BCUT2D eigenvalue weighted by Crippen LogP contribution is 2.39. The Morgan fingerprint density at radius 1 is 1.33 bits per heavy atom. The normalized spacial score (nSPS) is 23.8. The van der Waals surface area contributed by atoms with Gasteiger partial charge in [-0.3, -0.25) is 0 Å². The average Bonchev–Trinajstić information content (AvgIpc) is 2.78. The summed E-state index contributed by atoms with van der Waals surface area (Å²) in [4.78, 5) is 0. The van der Waals surface area contributed by atoms with Gasteiger partial charge in [0, 0.05) is 6.04 Å². The lowest BCUT2D eigenvalue weighted by Gasteiger charge is -2.22. The minimum Gasteiger partial charge on any atom is -0.314 e. The van der Waals surface area contributed by atoms with Crippen molar-refractivity contribution in [3.8, 4) is 0 Å². The van der Waals surface area contributed by atoms with E-state index in [1.54, 1.807) is 6.07 Å². The lowest BCUT2D eigenvalue weighted by Crippen LogP contribution is -2.30. The first-order chi connectivity index (χ1) is 8.58. The summed E-state index contributed by atoms with van der Waals surface area (Å²) in [6, 6.07) is 6.17. The van der Waals surface area contributed by atoms with E-state index in [0.29, 0.717) is 17.9 Å². The van der Waals surface area contributed by atoms with Gasteiger partial charge in [0.25, 0.3) is 0 Å². The van der Waals surface area contributed by atoms with Gasteiger partial charge in [-0.15, -0.1) is 0 Å². The van der Waals surface area contributed by atoms with Crippen molar-refractivity contribution in [2.45, 2.75) is 52.0 Å². The number of aryl methyl sites for hydroxylation is 1. The second kappa shape index (κ2) is 5.83. The predicted octanol–water partition coefficient (Wildman–Crippen LogP) is 4.02. The molecular weight excluding hydrogens is 225 g/mol. The Labute approximate surface area is 110 Å². The molecule has 2 atom stereocenters. The second-order valence-corrected chi connectivity index (χ2v) is 5.87. The molecule has 18 heavy (non-hydrogen) atoms. The van der Waals surface area contributed by atoms with Crippen molar-refractivity contribution in [1.29, 1.82) is 0 Å². The monoisotopic (exact) mass is 249 g/mol. The molecule has 0 bridgehead atoms. The fourth-order valence-corrected chi connectivity index (χ4v) is 3.01. The molecule has 1 nitrogen and oxygen atoms in total. The number of halogens is 1. The molecule has 1 aliphatic rings. The fraction of sp³-hybridized carbons (Fsp3) is 0.625. The van der Waals surface area contributed by atoms with E-state index >= 15 is 0 Å². The molecule has 0 saturated heterocycles. The van der Waals surface area contributed by atoms with Crippen LogP contribution in [-0.2, 0) is 0 Å². The molecule has 1 saturated carbocycles. The topological polar surface area (TPSA) is 12.0 Å². The highest BCUT2D eigenvalue weighted by atomic mass is 19.1. The van der Waals surface area contributed by atoms with Crippen LogP contribution in [0.15, 0.2) is 18.2 Å². The Bertz CT molecular complexity index is 400. The van der Waals surface area contributed by atoms with Gasteiger partial charge in [-0.05, 0) is 55.3 Å². The summed E-state index contributed by atoms with van der Waals surface area (Å²) in [6.45, 7) is 7.31. The quantitative estimate of drug-likeness (QED) is 0.850. The summed E-state index contributed by atoms with van der Waals surface area (Å²) in [5, 5.41) is 3.54. The third-order valence-corrected chi connectivity index (χ3v) is 4.06. The smallest absolute Gasteiger partial charge is 0.126 e. The number of benzene rings is 1. The van der Waals surface area contributed by atoms with Crippen molar-refractivity contribution >= 4 is 0 Å². The molecular formula is C16H24FN. The SMILES string of the molecule is Cc1cc(C2CCCC2CNC(C)C)ccc1F. The molecule has 0 aromatic heterocycles. The van der Waals surface area contributed by atoms with Crippen molar-refractivity contribution in [2.75, 3.05) is 6.54 Å². The largest absolute Gasteiger partial charge is 0.314 e. The average molecular weight is 249 g/mol. The Hall–Kier alpha value is -0.890. The molecule has 0 aliphatic heterocycles. The van der Waals surface area contributed by atoms with Crippen LogP contribution in [-0.4, -0.2) is 12.6 Å². The molecule has 0 spiro atoms. The van der Waals surface area contributed by atoms with E-state index < -0.39 is 0 Å². The summed E-state index contributed by atoms with van der Waals surface area (Å²) in [5.41, 5.74) is 2.09. The summed E-state index contributed by atoms with van der Waals surface area (Å²) >= 11 is 0. The van der Waals surface area contributed by atoms with Crippen LogP contribution in [0.5, 0.6) is 0 Å². The molecule has 1 aliphatic carbocycles. The molecule has 0 amide bonds. The molecule has 2 rings (SSSR count). The van der Waals surface area contributed by atoms with E-state index in [1.807, 2.05) is 19.1 Å². The molecule has 2 unspecified atom stereocenters. The highest BCUT2D eigenvalue weighted by molar-refractivity contribution is 5.28. The number of hydrogen-bond acceptors (Lipinski definition) is 1. The molecule has 2 heteroatoms. The van der Waals surface area contributed by atoms with E-state index in [0.717, 1.165) is 12.1 Å². The van der Waals surface area contributed by atoms with Crippen molar-refractivity contribution in [3.05, 3.63) is 35.1 Å². The second-order valence-electron chi connectivity index (χ2n) is 5.87. The maximum absolute atomic E-state index is 13.3. The van der Waals surface area contributed by atoms with Crippen LogP contribution in [0.1, 0.15) is 50.2 Å². The van der Waals surface area contributed by atoms with Gasteiger partial charge in [-0.2, -0.15) is 0 Å². The van der Waals surface area contributed by atoms with Crippen molar-refractivity contribution < 1.29 is 4.39 Å². The van der Waals surface area contributed by atoms with Gasteiger partial charge in [0.05, 0.1) is 0 Å². The molecule has 0 radical (unpaired) electrons. The molecule has 1 aromatic carbocycles. The van der Waals surface area contributed by atoms with E-state index in [-0.39, 0.29) is 5.82 Å². The zero-order chi connectivity index (χ0) is 13.1. The molecule has 1 fully saturated rings. The number of rotatable bonds is 4. The summed E-state index contributed by atoms with van der Waals surface area (Å²) in [5.74, 6) is 1.22. The van der Waals surface area contributed by atoms with Crippen molar-refractivity contribution in [1.82, 2.24) is 5.32 Å². The molecule has 1 aromatic rings. The van der Waals surface area contributed by atoms with Crippen LogP contribution in [0.4, 0.5) is 4.39 Å². The van der Waals surface area contributed by atoms with Crippen molar-refractivity contribution in [3.63, 3.8) is 0 Å². The maximum atomic E-state index is 13.3. The van der Waals surface area contributed by atoms with Gasteiger partial charge >= 0.3 is 0 Å². The zero-order valence-corrected chi connectivity index (χ0v) is 11.7. The van der Waals surface area contributed by atoms with Crippen LogP contribution >= 0.6 is 0 Å². The third kappa shape index (κ3) is 3.11. The van der Waals surface area contributed by atoms with Gasteiger partial charge in [0.15, 0.2) is 0 Å².